The van der Waals surface area contributed by atoms with Crippen molar-refractivity contribution >= 4 is 5.97 Å². The Kier molecular flexibility index (Phi) is 1.71. The van der Waals surface area contributed by atoms with Gasteiger partial charge in [-0.2, -0.15) is 0 Å². The van der Waals surface area contributed by atoms with Gasteiger partial charge >= 0.3 is 0 Å². The average molecular weight is 135 g/mol. The smallest absolute Gasteiger partial charge is 0.0715 e. The quantitative estimate of drug-likeness (QED) is 0.557. The van der Waals surface area contributed by atoms with Crippen LogP contribution < -0.4 is 5.11 Å². The second-order valence-corrected chi connectivity index (χ2v) is 2.15. The Balaban J connectivity index is 3.00. The van der Waals surface area contributed by atoms with E-state index in [9.17, 15) is 9.90 Å². The van der Waals surface area contributed by atoms with Crippen LogP contribution in [0.2, 0.25) is 0 Å². The predicted molar refractivity (Wildman–Crippen MR) is 35.5 cm³/mol. The van der Waals surface area contributed by atoms with Crippen LogP contribution in [-0.4, -0.2) is 5.97 Å². The minimum absolute atomic E-state index is 0.227. The molecule has 0 atom stereocenters. The summed E-state index contributed by atoms with van der Waals surface area (Å²) in [6.07, 6.45) is 0. The molecule has 2 nitrogen and oxygen atoms in total. The fraction of sp³-hybridized carbons (Fsp3) is 0.125. The van der Waals surface area contributed by atoms with Crippen molar-refractivity contribution in [2.45, 2.75) is 6.92 Å². The summed E-state index contributed by atoms with van der Waals surface area (Å²) in [4.78, 5) is 10.2. The van der Waals surface area contributed by atoms with Gasteiger partial charge in [0.15, 0.2) is 0 Å². The molecule has 0 bridgehead atoms. The molecule has 0 spiro atoms. The summed E-state index contributed by atoms with van der Waals surface area (Å²) in [5.41, 5.74) is 1.27. The van der Waals surface area contributed by atoms with Crippen LogP contribution in [0.4, 0.5) is 0 Å². The molecule has 1 aromatic carbocycles. The van der Waals surface area contributed by atoms with E-state index in [2.05, 4.69) is 0 Å². The van der Waals surface area contributed by atoms with E-state index in [0.717, 1.165) is 5.56 Å². The lowest BCUT2D eigenvalue weighted by Gasteiger charge is -2.00. The molecule has 0 fully saturated rings. The fourth-order valence-corrected chi connectivity index (χ4v) is 0.690. The molecule has 0 unspecified atom stereocenters. The van der Waals surface area contributed by atoms with Gasteiger partial charge in [0.1, 0.15) is 0 Å². The zero-order valence-electron chi connectivity index (χ0n) is 5.63. The first-order chi connectivity index (χ1) is 4.70. The van der Waals surface area contributed by atoms with Crippen molar-refractivity contribution in [1.29, 1.82) is 0 Å². The number of aromatic carboxylic acids is 1. The lowest BCUT2D eigenvalue weighted by Crippen LogP contribution is -2.21. The van der Waals surface area contributed by atoms with Crippen molar-refractivity contribution in [3.8, 4) is 0 Å². The number of carbonyl (C=O) groups excluding carboxylic acids is 1. The van der Waals surface area contributed by atoms with E-state index in [1.54, 1.807) is 12.1 Å². The average Bonchev–Trinajstić information content (AvgIpc) is 1.88. The van der Waals surface area contributed by atoms with Gasteiger partial charge in [0.25, 0.3) is 0 Å². The maximum Gasteiger partial charge on any atom is 0.0715 e. The Bertz CT molecular complexity index is 236. The highest BCUT2D eigenvalue weighted by molar-refractivity contribution is 5.85. The van der Waals surface area contributed by atoms with E-state index >= 15 is 0 Å². The number of aryl methyl sites for hydroxylation is 1. The third kappa shape index (κ3) is 1.35. The summed E-state index contributed by atoms with van der Waals surface area (Å²) in [6, 6.07) is 6.55. The van der Waals surface area contributed by atoms with Gasteiger partial charge in [0.2, 0.25) is 0 Å². The molecule has 1 rings (SSSR count). The van der Waals surface area contributed by atoms with Crippen molar-refractivity contribution in [3.63, 3.8) is 0 Å². The molecule has 10 heavy (non-hydrogen) atoms. The number of benzene rings is 1. The zero-order valence-corrected chi connectivity index (χ0v) is 5.63. The van der Waals surface area contributed by atoms with Crippen molar-refractivity contribution < 1.29 is 9.90 Å². The third-order valence-electron chi connectivity index (χ3n) is 1.29. The molecular weight excluding hydrogens is 128 g/mol. The van der Waals surface area contributed by atoms with Crippen LogP contribution in [0.25, 0.3) is 0 Å². The summed E-state index contributed by atoms with van der Waals surface area (Å²) in [5.74, 6) is -1.12. The Hall–Kier alpha value is -1.31. The monoisotopic (exact) mass is 135 g/mol. The first-order valence-electron chi connectivity index (χ1n) is 2.98. The molecule has 0 aliphatic heterocycles. The SMILES string of the molecule is Cc1ccc(C(=O)[O-])cc1. The second kappa shape index (κ2) is 2.52. The minimum Gasteiger partial charge on any atom is -0.545 e. The number of carboxylic acid groups (broad SMARTS) is 1. The molecule has 0 aliphatic rings. The van der Waals surface area contributed by atoms with E-state index in [0.29, 0.717) is 0 Å². The Labute approximate surface area is 59.1 Å². The van der Waals surface area contributed by atoms with Gasteiger partial charge in [-0.05, 0) is 12.5 Å². The van der Waals surface area contributed by atoms with Crippen LogP contribution in [-0.2, 0) is 0 Å². The van der Waals surface area contributed by atoms with Gasteiger partial charge in [0.05, 0.1) is 5.97 Å². The lowest BCUT2D eigenvalue weighted by atomic mass is 10.2. The second-order valence-electron chi connectivity index (χ2n) is 2.15. The maximum absolute atomic E-state index is 10.2. The minimum atomic E-state index is -1.12. The number of rotatable bonds is 1. The van der Waals surface area contributed by atoms with Gasteiger partial charge in [-0.15, -0.1) is 0 Å². The van der Waals surface area contributed by atoms with Crippen molar-refractivity contribution in [2.75, 3.05) is 0 Å². The molecule has 0 amide bonds. The maximum atomic E-state index is 10.2. The topological polar surface area (TPSA) is 40.1 Å². The molecule has 0 N–H and O–H groups in total. The first-order valence-corrected chi connectivity index (χ1v) is 2.98. The summed E-state index contributed by atoms with van der Waals surface area (Å²) in [6.45, 7) is 1.90. The molecule has 1 aromatic rings. The fourth-order valence-electron chi connectivity index (χ4n) is 0.690. The highest BCUT2D eigenvalue weighted by Gasteiger charge is 1.89. The van der Waals surface area contributed by atoms with Crippen molar-refractivity contribution in [2.24, 2.45) is 0 Å². The van der Waals surface area contributed by atoms with Crippen LogP contribution in [0.1, 0.15) is 15.9 Å². The molecular formula is C8H7O2-. The third-order valence-corrected chi connectivity index (χ3v) is 1.29. The molecule has 52 valence electrons. The van der Waals surface area contributed by atoms with Crippen LogP contribution in [0.3, 0.4) is 0 Å². The van der Waals surface area contributed by atoms with Crippen molar-refractivity contribution in [1.82, 2.24) is 0 Å². The molecule has 0 aliphatic carbocycles. The van der Waals surface area contributed by atoms with Gasteiger partial charge in [0, 0.05) is 0 Å². The van der Waals surface area contributed by atoms with Crippen LogP contribution >= 0.6 is 0 Å². The summed E-state index contributed by atoms with van der Waals surface area (Å²) in [7, 11) is 0. The summed E-state index contributed by atoms with van der Waals surface area (Å²) < 4.78 is 0. The van der Waals surface area contributed by atoms with Crippen molar-refractivity contribution in [3.05, 3.63) is 35.4 Å². The van der Waals surface area contributed by atoms with E-state index in [1.165, 1.54) is 12.1 Å². The lowest BCUT2D eigenvalue weighted by molar-refractivity contribution is -0.255. The van der Waals surface area contributed by atoms with Gasteiger partial charge in [-0.25, -0.2) is 0 Å². The van der Waals surface area contributed by atoms with Crippen LogP contribution in [0.15, 0.2) is 24.3 Å². The van der Waals surface area contributed by atoms with Crippen LogP contribution in [0, 0.1) is 6.92 Å². The van der Waals surface area contributed by atoms with Gasteiger partial charge in [-0.1, -0.05) is 29.8 Å². The standard InChI is InChI=1S/C8H8O2/c1-6-2-4-7(5-3-6)8(9)10/h2-5H,1H3,(H,9,10)/p-1. The summed E-state index contributed by atoms with van der Waals surface area (Å²) in [5, 5.41) is 10.2. The number of hydrogen-bond acceptors (Lipinski definition) is 2. The van der Waals surface area contributed by atoms with Crippen LogP contribution in [0.5, 0.6) is 0 Å². The normalized spacial score (nSPS) is 9.30. The molecule has 0 heterocycles. The highest BCUT2D eigenvalue weighted by Crippen LogP contribution is 2.00. The van der Waals surface area contributed by atoms with E-state index < -0.39 is 5.97 Å². The predicted octanol–water partition coefficient (Wildman–Crippen LogP) is 0.359. The molecule has 0 saturated carbocycles. The molecule has 0 saturated heterocycles. The van der Waals surface area contributed by atoms with Gasteiger partial charge < -0.3 is 9.90 Å². The number of carboxylic acids is 1. The molecule has 0 aromatic heterocycles. The van der Waals surface area contributed by atoms with E-state index in [4.69, 9.17) is 0 Å². The molecule has 0 radical (unpaired) electrons. The Morgan fingerprint density at radius 3 is 2.20 bits per heavy atom. The summed E-state index contributed by atoms with van der Waals surface area (Å²) >= 11 is 0. The Morgan fingerprint density at radius 1 is 1.30 bits per heavy atom. The number of hydrogen-bond donors (Lipinski definition) is 0. The van der Waals surface area contributed by atoms with E-state index in [-0.39, 0.29) is 5.56 Å². The highest BCUT2D eigenvalue weighted by atomic mass is 16.4. The Morgan fingerprint density at radius 2 is 1.80 bits per heavy atom. The van der Waals surface area contributed by atoms with E-state index in [1.807, 2.05) is 6.92 Å². The molecule has 2 heteroatoms. The first kappa shape index (κ1) is 6.81. The number of carbonyl (C=O) groups is 1. The van der Waals surface area contributed by atoms with Gasteiger partial charge in [-0.3, -0.25) is 0 Å². The largest absolute Gasteiger partial charge is 0.545 e. The zero-order chi connectivity index (χ0) is 7.56.